The van der Waals surface area contributed by atoms with E-state index >= 15 is 0 Å². The van der Waals surface area contributed by atoms with Gasteiger partial charge in [0, 0.05) is 18.7 Å². The highest BCUT2D eigenvalue weighted by molar-refractivity contribution is 5.94. The Hall–Kier alpha value is -1.39. The molecule has 1 saturated heterocycles. The minimum atomic E-state index is 0.0706. The van der Waals surface area contributed by atoms with E-state index in [1.54, 1.807) is 0 Å². The van der Waals surface area contributed by atoms with Crippen molar-refractivity contribution in [1.82, 2.24) is 4.90 Å². The fourth-order valence-corrected chi connectivity index (χ4v) is 2.14. The maximum Gasteiger partial charge on any atom is 0.254 e. The van der Waals surface area contributed by atoms with Crippen molar-refractivity contribution in [3.8, 4) is 0 Å². The van der Waals surface area contributed by atoms with E-state index in [-0.39, 0.29) is 18.1 Å². The van der Waals surface area contributed by atoms with Gasteiger partial charge in [0.2, 0.25) is 0 Å². The maximum atomic E-state index is 12.4. The molecule has 2 N–H and O–H groups in total. The molecule has 1 heterocycles. The van der Waals surface area contributed by atoms with Gasteiger partial charge in [0.05, 0.1) is 18.8 Å². The number of nitrogens with two attached hydrogens (primary N) is 1. The molecule has 2 unspecified atom stereocenters. The minimum absolute atomic E-state index is 0.0706. The Kier molecular flexibility index (Phi) is 3.99. The molecule has 1 aromatic carbocycles. The molecule has 0 spiro atoms. The van der Waals surface area contributed by atoms with Crippen molar-refractivity contribution in [2.24, 2.45) is 5.73 Å². The highest BCUT2D eigenvalue weighted by atomic mass is 16.5. The first-order valence-corrected chi connectivity index (χ1v) is 6.33. The minimum Gasteiger partial charge on any atom is -0.375 e. The summed E-state index contributed by atoms with van der Waals surface area (Å²) in [5, 5.41) is 0. The number of benzene rings is 1. The third-order valence-corrected chi connectivity index (χ3v) is 3.31. The van der Waals surface area contributed by atoms with Crippen LogP contribution in [0.4, 0.5) is 0 Å². The van der Waals surface area contributed by atoms with E-state index in [1.165, 1.54) is 0 Å². The van der Waals surface area contributed by atoms with Gasteiger partial charge in [-0.3, -0.25) is 4.79 Å². The lowest BCUT2D eigenvalue weighted by Crippen LogP contribution is -2.50. The van der Waals surface area contributed by atoms with E-state index in [0.29, 0.717) is 25.3 Å². The quantitative estimate of drug-likeness (QED) is 0.860. The van der Waals surface area contributed by atoms with E-state index in [1.807, 2.05) is 43.0 Å². The van der Waals surface area contributed by atoms with Gasteiger partial charge in [-0.15, -0.1) is 0 Å². The average Bonchev–Trinajstić information content (AvgIpc) is 2.41. The lowest BCUT2D eigenvalue weighted by atomic mass is 10.1. The van der Waals surface area contributed by atoms with Crippen LogP contribution in [0.5, 0.6) is 0 Å². The van der Waals surface area contributed by atoms with Gasteiger partial charge >= 0.3 is 0 Å². The first-order valence-electron chi connectivity index (χ1n) is 6.33. The smallest absolute Gasteiger partial charge is 0.254 e. The summed E-state index contributed by atoms with van der Waals surface area (Å²) in [6.07, 6.45) is 0.105. The highest BCUT2D eigenvalue weighted by Crippen LogP contribution is 2.15. The van der Waals surface area contributed by atoms with E-state index < -0.39 is 0 Å². The monoisotopic (exact) mass is 248 g/mol. The second kappa shape index (κ2) is 5.50. The fraction of sp³-hybridized carbons (Fsp3) is 0.500. The van der Waals surface area contributed by atoms with Crippen molar-refractivity contribution in [1.29, 1.82) is 0 Å². The number of morpholine rings is 1. The average molecular weight is 248 g/mol. The van der Waals surface area contributed by atoms with Gasteiger partial charge in [-0.2, -0.15) is 0 Å². The first-order chi connectivity index (χ1) is 8.61. The van der Waals surface area contributed by atoms with Gasteiger partial charge < -0.3 is 15.4 Å². The van der Waals surface area contributed by atoms with Crippen LogP contribution in [0, 0.1) is 0 Å². The van der Waals surface area contributed by atoms with Crippen LogP contribution in [0.1, 0.15) is 29.8 Å². The lowest BCUT2D eigenvalue weighted by Gasteiger charge is -2.36. The normalized spacial score (nSPS) is 24.1. The zero-order valence-corrected chi connectivity index (χ0v) is 10.9. The molecule has 18 heavy (non-hydrogen) atoms. The molecule has 1 aliphatic heterocycles. The molecule has 4 nitrogen and oxygen atoms in total. The van der Waals surface area contributed by atoms with Crippen LogP contribution in [0.15, 0.2) is 24.3 Å². The fourth-order valence-electron chi connectivity index (χ4n) is 2.14. The molecule has 1 amide bonds. The molecule has 0 bridgehead atoms. The number of carbonyl (C=O) groups excluding carboxylic acids is 1. The summed E-state index contributed by atoms with van der Waals surface area (Å²) in [4.78, 5) is 14.3. The predicted molar refractivity (Wildman–Crippen MR) is 70.2 cm³/mol. The number of amides is 1. The molecule has 4 heteroatoms. The Labute approximate surface area is 108 Å². The number of rotatable bonds is 2. The maximum absolute atomic E-state index is 12.4. The topological polar surface area (TPSA) is 55.6 Å². The van der Waals surface area contributed by atoms with Crippen molar-refractivity contribution in [3.63, 3.8) is 0 Å². The van der Waals surface area contributed by atoms with Crippen LogP contribution < -0.4 is 5.73 Å². The van der Waals surface area contributed by atoms with Crippen LogP contribution in [0.25, 0.3) is 0 Å². The summed E-state index contributed by atoms with van der Waals surface area (Å²) in [5.74, 6) is 0.0706. The number of ether oxygens (including phenoxy) is 1. The SMILES string of the molecule is CC1CN(C(=O)c2ccc(CN)cc2)C(C)CO1. The van der Waals surface area contributed by atoms with Crippen molar-refractivity contribution in [2.45, 2.75) is 32.5 Å². The summed E-state index contributed by atoms with van der Waals surface area (Å²) >= 11 is 0. The molecule has 2 rings (SSSR count). The van der Waals surface area contributed by atoms with Crippen molar-refractivity contribution >= 4 is 5.91 Å². The predicted octanol–water partition coefficient (Wildman–Crippen LogP) is 1.39. The largest absolute Gasteiger partial charge is 0.375 e. The first kappa shape index (κ1) is 13.1. The molecule has 0 aromatic heterocycles. The Balaban J connectivity index is 2.13. The molecule has 1 fully saturated rings. The van der Waals surface area contributed by atoms with Crippen molar-refractivity contribution < 1.29 is 9.53 Å². The van der Waals surface area contributed by atoms with E-state index in [9.17, 15) is 4.79 Å². The van der Waals surface area contributed by atoms with Crippen LogP contribution in [0.2, 0.25) is 0 Å². The van der Waals surface area contributed by atoms with Gasteiger partial charge in [0.15, 0.2) is 0 Å². The van der Waals surface area contributed by atoms with Gasteiger partial charge in [0.25, 0.3) is 5.91 Å². The highest BCUT2D eigenvalue weighted by Gasteiger charge is 2.27. The molecule has 98 valence electrons. The van der Waals surface area contributed by atoms with Crippen LogP contribution in [0.3, 0.4) is 0 Å². The van der Waals surface area contributed by atoms with Crippen molar-refractivity contribution in [3.05, 3.63) is 35.4 Å². The Bertz CT molecular complexity index is 416. The summed E-state index contributed by atoms with van der Waals surface area (Å²) in [6.45, 7) is 5.76. The van der Waals surface area contributed by atoms with Crippen LogP contribution in [-0.4, -0.2) is 36.1 Å². The number of hydrogen-bond donors (Lipinski definition) is 1. The third kappa shape index (κ3) is 2.71. The summed E-state index contributed by atoms with van der Waals surface area (Å²) < 4.78 is 5.53. The van der Waals surface area contributed by atoms with Crippen LogP contribution in [-0.2, 0) is 11.3 Å². The van der Waals surface area contributed by atoms with E-state index in [0.717, 1.165) is 5.56 Å². The molecule has 1 aliphatic rings. The Morgan fingerprint density at radius 1 is 1.39 bits per heavy atom. The summed E-state index contributed by atoms with van der Waals surface area (Å²) in [5.41, 5.74) is 7.30. The number of carbonyl (C=O) groups is 1. The molecular weight excluding hydrogens is 228 g/mol. The summed E-state index contributed by atoms with van der Waals surface area (Å²) in [6, 6.07) is 7.63. The summed E-state index contributed by atoms with van der Waals surface area (Å²) in [7, 11) is 0. The zero-order chi connectivity index (χ0) is 13.1. The molecule has 0 radical (unpaired) electrons. The van der Waals surface area contributed by atoms with Crippen molar-refractivity contribution in [2.75, 3.05) is 13.2 Å². The van der Waals surface area contributed by atoms with Gasteiger partial charge in [-0.1, -0.05) is 12.1 Å². The molecule has 2 atom stereocenters. The Morgan fingerprint density at radius 2 is 2.06 bits per heavy atom. The standard InChI is InChI=1S/C14H20N2O2/c1-10-9-18-11(2)8-16(10)14(17)13-5-3-12(7-15)4-6-13/h3-6,10-11H,7-9,15H2,1-2H3. The second-order valence-corrected chi connectivity index (χ2v) is 4.85. The van der Waals surface area contributed by atoms with Gasteiger partial charge in [-0.05, 0) is 31.5 Å². The molecule has 0 aliphatic carbocycles. The molecular formula is C14H20N2O2. The van der Waals surface area contributed by atoms with Gasteiger partial charge in [0.1, 0.15) is 0 Å². The van der Waals surface area contributed by atoms with Gasteiger partial charge in [-0.25, -0.2) is 0 Å². The Morgan fingerprint density at radius 3 is 2.67 bits per heavy atom. The van der Waals surface area contributed by atoms with E-state index in [2.05, 4.69) is 0 Å². The zero-order valence-electron chi connectivity index (χ0n) is 10.9. The third-order valence-electron chi connectivity index (χ3n) is 3.31. The van der Waals surface area contributed by atoms with Crippen LogP contribution >= 0.6 is 0 Å². The number of hydrogen-bond acceptors (Lipinski definition) is 3. The van der Waals surface area contributed by atoms with E-state index in [4.69, 9.17) is 10.5 Å². The second-order valence-electron chi connectivity index (χ2n) is 4.85. The molecule has 1 aromatic rings. The lowest BCUT2D eigenvalue weighted by molar-refractivity contribution is -0.0387. The number of nitrogens with zero attached hydrogens (tertiary/aromatic N) is 1. The molecule has 0 saturated carbocycles.